The molecule has 0 unspecified atom stereocenters. The van der Waals surface area contributed by atoms with Crippen LogP contribution in [0.15, 0.2) is 41.1 Å². The number of aromatic nitrogens is 5. The Kier molecular flexibility index (Phi) is 3.89. The molecule has 3 aromatic heterocycles. The number of carbonyl (C=O) groups is 1. The predicted octanol–water partition coefficient (Wildman–Crippen LogP) is 0.823. The van der Waals surface area contributed by atoms with Gasteiger partial charge in [0.1, 0.15) is 10.7 Å². The van der Waals surface area contributed by atoms with Crippen molar-refractivity contribution in [3.63, 3.8) is 0 Å². The fourth-order valence-corrected chi connectivity index (χ4v) is 5.24. The molecule has 0 fully saturated rings. The van der Waals surface area contributed by atoms with Gasteiger partial charge in [-0.3, -0.25) is 9.10 Å². The Bertz CT molecular complexity index is 1150. The number of likely N-dealkylation sites (N-methyl/N-ethyl adjacent to an activating group) is 1. The van der Waals surface area contributed by atoms with Crippen LogP contribution in [0.1, 0.15) is 4.88 Å². The van der Waals surface area contributed by atoms with E-state index in [0.717, 1.165) is 15.6 Å². The van der Waals surface area contributed by atoms with Crippen molar-refractivity contribution >= 4 is 38.8 Å². The van der Waals surface area contributed by atoms with E-state index in [4.69, 9.17) is 0 Å². The molecule has 1 amide bonds. The summed E-state index contributed by atoms with van der Waals surface area (Å²) in [5.41, 5.74) is -0.408. The minimum absolute atomic E-state index is 0.0269. The van der Waals surface area contributed by atoms with Crippen molar-refractivity contribution in [1.82, 2.24) is 29.9 Å². The number of carbonyl (C=O) groups excluding carboxylic acids is 1. The SMILES string of the molecule is CN1C(C(=O)Nc2ccccn2)=C(O)c2sc(-c3nn[nH]n3)cc2S1(=O)=O. The van der Waals surface area contributed by atoms with Gasteiger partial charge >= 0.3 is 0 Å². The van der Waals surface area contributed by atoms with E-state index in [1.54, 1.807) is 12.1 Å². The summed E-state index contributed by atoms with van der Waals surface area (Å²) in [5.74, 6) is -0.870. The maximum Gasteiger partial charge on any atom is 0.278 e. The van der Waals surface area contributed by atoms with Crippen LogP contribution in [0.2, 0.25) is 0 Å². The number of aliphatic hydroxyl groups excluding tert-OH is 1. The van der Waals surface area contributed by atoms with E-state index >= 15 is 0 Å². The van der Waals surface area contributed by atoms with Crippen LogP contribution in [0.4, 0.5) is 5.82 Å². The number of nitrogens with one attached hydrogen (secondary N) is 2. The van der Waals surface area contributed by atoms with Gasteiger partial charge in [0.25, 0.3) is 15.9 Å². The molecule has 27 heavy (non-hydrogen) atoms. The van der Waals surface area contributed by atoms with Crippen molar-refractivity contribution in [1.29, 1.82) is 0 Å². The number of H-pyrrole nitrogens is 1. The van der Waals surface area contributed by atoms with Gasteiger partial charge in [0, 0.05) is 13.2 Å². The van der Waals surface area contributed by atoms with Crippen LogP contribution in [0.3, 0.4) is 0 Å². The van der Waals surface area contributed by atoms with Crippen LogP contribution in [0, 0.1) is 0 Å². The van der Waals surface area contributed by atoms with Crippen molar-refractivity contribution in [3.05, 3.63) is 41.0 Å². The van der Waals surface area contributed by atoms with E-state index in [0.29, 0.717) is 4.88 Å². The third-order valence-corrected chi connectivity index (χ3v) is 6.83. The van der Waals surface area contributed by atoms with Crippen LogP contribution >= 0.6 is 11.3 Å². The number of aliphatic hydroxyl groups is 1. The second-order valence-electron chi connectivity index (χ2n) is 5.38. The Balaban J connectivity index is 1.81. The first kappa shape index (κ1) is 17.1. The zero-order valence-electron chi connectivity index (χ0n) is 13.6. The van der Waals surface area contributed by atoms with Crippen molar-refractivity contribution in [2.75, 3.05) is 12.4 Å². The van der Waals surface area contributed by atoms with Crippen LogP contribution in [-0.2, 0) is 14.8 Å². The molecule has 13 heteroatoms. The second kappa shape index (κ2) is 6.14. The first-order chi connectivity index (χ1) is 12.9. The van der Waals surface area contributed by atoms with E-state index in [-0.39, 0.29) is 21.4 Å². The molecule has 4 rings (SSSR count). The van der Waals surface area contributed by atoms with Gasteiger partial charge in [-0.2, -0.15) is 5.21 Å². The van der Waals surface area contributed by atoms with Gasteiger partial charge in [-0.15, -0.1) is 21.5 Å². The van der Waals surface area contributed by atoms with Crippen molar-refractivity contribution in [2.45, 2.75) is 4.90 Å². The summed E-state index contributed by atoms with van der Waals surface area (Å²) in [6, 6.07) is 6.20. The fraction of sp³-hybridized carbons (Fsp3) is 0.0714. The smallest absolute Gasteiger partial charge is 0.278 e. The van der Waals surface area contributed by atoms with E-state index in [9.17, 15) is 18.3 Å². The summed E-state index contributed by atoms with van der Waals surface area (Å²) in [6.07, 6.45) is 1.47. The molecule has 11 nitrogen and oxygen atoms in total. The lowest BCUT2D eigenvalue weighted by molar-refractivity contribution is -0.113. The molecule has 3 aromatic rings. The maximum absolute atomic E-state index is 12.8. The highest BCUT2D eigenvalue weighted by atomic mass is 32.2. The minimum atomic E-state index is -4.05. The molecule has 0 atom stereocenters. The van der Waals surface area contributed by atoms with Crippen LogP contribution in [0.25, 0.3) is 16.5 Å². The molecule has 0 saturated carbocycles. The summed E-state index contributed by atoms with van der Waals surface area (Å²) in [6.45, 7) is 0. The standard InChI is InChI=1S/C14H11N7O4S2/c1-21-10(14(23)16-9-4-2-3-5-15-9)11(22)12-8(27(21,24)25)6-7(26-12)13-17-19-20-18-13/h2-6,22H,1H3,(H,15,16,23)(H,17,18,19,20). The average molecular weight is 405 g/mol. The summed E-state index contributed by atoms with van der Waals surface area (Å²) < 4.78 is 26.4. The Labute approximate surface area is 156 Å². The third-order valence-electron chi connectivity index (χ3n) is 3.78. The molecule has 0 bridgehead atoms. The number of tetrazole rings is 1. The molecule has 0 aromatic carbocycles. The number of rotatable bonds is 3. The number of hydrogen-bond acceptors (Lipinski definition) is 9. The minimum Gasteiger partial charge on any atom is -0.504 e. The number of fused-ring (bicyclic) bond motifs is 1. The van der Waals surface area contributed by atoms with E-state index in [2.05, 4.69) is 30.9 Å². The van der Waals surface area contributed by atoms with Gasteiger partial charge in [-0.25, -0.2) is 13.4 Å². The zero-order chi connectivity index (χ0) is 19.2. The Hall–Kier alpha value is -3.32. The topological polar surface area (TPSA) is 154 Å². The lowest BCUT2D eigenvalue weighted by Gasteiger charge is -2.26. The number of thiophene rings is 1. The van der Waals surface area contributed by atoms with Crippen LogP contribution in [0.5, 0.6) is 0 Å². The molecule has 4 heterocycles. The quantitative estimate of drug-likeness (QED) is 0.579. The van der Waals surface area contributed by atoms with Gasteiger partial charge < -0.3 is 10.4 Å². The Morgan fingerprint density at radius 2 is 2.19 bits per heavy atom. The predicted molar refractivity (Wildman–Crippen MR) is 94.9 cm³/mol. The Morgan fingerprint density at radius 1 is 1.37 bits per heavy atom. The van der Waals surface area contributed by atoms with Crippen molar-refractivity contribution in [3.8, 4) is 10.7 Å². The first-order valence-corrected chi connectivity index (χ1v) is 9.68. The van der Waals surface area contributed by atoms with Crippen molar-refractivity contribution in [2.24, 2.45) is 0 Å². The molecule has 138 valence electrons. The maximum atomic E-state index is 12.8. The molecule has 0 saturated heterocycles. The van der Waals surface area contributed by atoms with Gasteiger partial charge in [0.2, 0.25) is 5.82 Å². The highest BCUT2D eigenvalue weighted by molar-refractivity contribution is 7.89. The number of sulfonamides is 1. The highest BCUT2D eigenvalue weighted by Gasteiger charge is 2.40. The first-order valence-electron chi connectivity index (χ1n) is 7.42. The highest BCUT2D eigenvalue weighted by Crippen LogP contribution is 2.42. The Morgan fingerprint density at radius 3 is 2.85 bits per heavy atom. The number of hydrogen-bond donors (Lipinski definition) is 3. The van der Waals surface area contributed by atoms with Gasteiger partial charge in [0.05, 0.1) is 9.75 Å². The van der Waals surface area contributed by atoms with E-state index in [1.165, 1.54) is 25.4 Å². The summed E-state index contributed by atoms with van der Waals surface area (Å²) in [5, 5.41) is 26.4. The largest absolute Gasteiger partial charge is 0.504 e. The second-order valence-corrected chi connectivity index (χ2v) is 8.37. The molecule has 1 aliphatic heterocycles. The summed E-state index contributed by atoms with van der Waals surface area (Å²) in [4.78, 5) is 16.8. The third kappa shape index (κ3) is 2.72. The number of nitrogens with zero attached hydrogens (tertiary/aromatic N) is 5. The number of pyridine rings is 1. The van der Waals surface area contributed by atoms with Crippen molar-refractivity contribution < 1.29 is 18.3 Å². The monoisotopic (exact) mass is 405 g/mol. The van der Waals surface area contributed by atoms with E-state index < -0.39 is 27.4 Å². The van der Waals surface area contributed by atoms with Gasteiger partial charge in [-0.05, 0) is 23.4 Å². The summed E-state index contributed by atoms with van der Waals surface area (Å²) in [7, 11) is -2.86. The lowest BCUT2D eigenvalue weighted by Crippen LogP contribution is -2.36. The average Bonchev–Trinajstić information content (AvgIpc) is 3.31. The molecule has 1 aliphatic rings. The lowest BCUT2D eigenvalue weighted by atomic mass is 10.2. The van der Waals surface area contributed by atoms with Crippen LogP contribution < -0.4 is 5.32 Å². The molecule has 0 radical (unpaired) electrons. The normalized spacial score (nSPS) is 15.5. The zero-order valence-corrected chi connectivity index (χ0v) is 15.2. The molecular weight excluding hydrogens is 394 g/mol. The summed E-state index contributed by atoms with van der Waals surface area (Å²) >= 11 is 0.939. The number of anilines is 1. The number of amides is 1. The van der Waals surface area contributed by atoms with Crippen LogP contribution in [-0.4, -0.2) is 56.4 Å². The molecular formula is C14H11N7O4S2. The molecule has 0 aliphatic carbocycles. The number of aromatic amines is 1. The van der Waals surface area contributed by atoms with Gasteiger partial charge in [0.15, 0.2) is 11.5 Å². The molecule has 3 N–H and O–H groups in total. The van der Waals surface area contributed by atoms with E-state index in [1.807, 2.05) is 0 Å². The molecule has 0 spiro atoms. The fourth-order valence-electron chi connectivity index (χ4n) is 2.49. The van der Waals surface area contributed by atoms with Gasteiger partial charge in [-0.1, -0.05) is 6.07 Å².